The SMILES string of the molecule is Cc1c(C(=O)OCc2ccccc2)c2cc(O)ccc2n1F. The molecule has 0 aliphatic rings. The minimum absolute atomic E-state index is 0.0322. The number of hydrogen-bond acceptors (Lipinski definition) is 3. The average molecular weight is 299 g/mol. The van der Waals surface area contributed by atoms with Gasteiger partial charge in [-0.2, -0.15) is 4.79 Å². The minimum Gasteiger partial charge on any atom is -0.508 e. The quantitative estimate of drug-likeness (QED) is 0.749. The van der Waals surface area contributed by atoms with Crippen LogP contribution in [0, 0.1) is 6.92 Å². The van der Waals surface area contributed by atoms with Gasteiger partial charge < -0.3 is 9.84 Å². The Morgan fingerprint density at radius 3 is 2.68 bits per heavy atom. The van der Waals surface area contributed by atoms with Gasteiger partial charge >= 0.3 is 5.97 Å². The summed E-state index contributed by atoms with van der Waals surface area (Å²) in [5.74, 6) is -0.649. The van der Waals surface area contributed by atoms with Crippen molar-refractivity contribution in [1.82, 2.24) is 4.79 Å². The summed E-state index contributed by atoms with van der Waals surface area (Å²) in [6, 6.07) is 13.4. The number of carbonyl (C=O) groups excluding carboxylic acids is 1. The fourth-order valence-corrected chi connectivity index (χ4v) is 2.42. The van der Waals surface area contributed by atoms with E-state index in [1.807, 2.05) is 30.3 Å². The highest BCUT2D eigenvalue weighted by molar-refractivity contribution is 6.06. The summed E-state index contributed by atoms with van der Waals surface area (Å²) in [5.41, 5.74) is 1.35. The molecule has 0 aliphatic heterocycles. The van der Waals surface area contributed by atoms with Crippen molar-refractivity contribution >= 4 is 16.9 Å². The Kier molecular flexibility index (Phi) is 3.55. The fourth-order valence-electron chi connectivity index (χ4n) is 2.42. The van der Waals surface area contributed by atoms with Gasteiger partial charge in [0.1, 0.15) is 12.4 Å². The molecule has 1 aromatic heterocycles. The largest absolute Gasteiger partial charge is 0.508 e. The van der Waals surface area contributed by atoms with Crippen LogP contribution in [-0.4, -0.2) is 15.9 Å². The third-order valence-corrected chi connectivity index (χ3v) is 3.53. The van der Waals surface area contributed by atoms with Crippen LogP contribution in [0.3, 0.4) is 0 Å². The summed E-state index contributed by atoms with van der Waals surface area (Å²) in [4.78, 5) is 12.7. The van der Waals surface area contributed by atoms with E-state index in [1.165, 1.54) is 25.1 Å². The minimum atomic E-state index is -0.617. The number of aromatic nitrogens is 1. The van der Waals surface area contributed by atoms with Crippen LogP contribution in [0.25, 0.3) is 10.9 Å². The summed E-state index contributed by atoms with van der Waals surface area (Å²) < 4.78 is 19.4. The lowest BCUT2D eigenvalue weighted by molar-refractivity contribution is 0.0473. The second-order valence-electron chi connectivity index (χ2n) is 5.00. The van der Waals surface area contributed by atoms with Crippen LogP contribution in [-0.2, 0) is 11.3 Å². The maximum atomic E-state index is 14.1. The second kappa shape index (κ2) is 5.52. The summed E-state index contributed by atoms with van der Waals surface area (Å²) in [6.45, 7) is 1.60. The number of carbonyl (C=O) groups is 1. The fraction of sp³-hybridized carbons (Fsp3) is 0.118. The Hall–Kier alpha value is -2.82. The van der Waals surface area contributed by atoms with Crippen molar-refractivity contribution in [3.05, 3.63) is 65.4 Å². The van der Waals surface area contributed by atoms with Crippen molar-refractivity contribution in [1.29, 1.82) is 0 Å². The summed E-state index contributed by atoms with van der Waals surface area (Å²) >= 11 is 0. The molecular formula is C17H14FNO3. The average Bonchev–Trinajstić information content (AvgIpc) is 2.77. The van der Waals surface area contributed by atoms with E-state index in [2.05, 4.69) is 0 Å². The molecule has 0 radical (unpaired) electrons. The normalized spacial score (nSPS) is 10.8. The van der Waals surface area contributed by atoms with Crippen molar-refractivity contribution in [2.75, 3.05) is 0 Å². The molecule has 0 saturated carbocycles. The summed E-state index contributed by atoms with van der Waals surface area (Å²) in [5, 5.41) is 9.89. The van der Waals surface area contributed by atoms with Gasteiger partial charge in [-0.15, -0.1) is 0 Å². The molecule has 0 unspecified atom stereocenters. The molecule has 0 spiro atoms. The predicted molar refractivity (Wildman–Crippen MR) is 80.4 cm³/mol. The third kappa shape index (κ3) is 2.41. The number of phenolic OH excluding ortho intramolecular Hbond substituents is 1. The molecular weight excluding hydrogens is 285 g/mol. The molecule has 2 aromatic carbocycles. The molecule has 5 heteroatoms. The van der Waals surface area contributed by atoms with E-state index in [1.54, 1.807) is 0 Å². The highest BCUT2D eigenvalue weighted by Crippen LogP contribution is 2.29. The van der Waals surface area contributed by atoms with Gasteiger partial charge in [-0.25, -0.2) is 4.79 Å². The van der Waals surface area contributed by atoms with E-state index in [0.717, 1.165) is 5.56 Å². The highest BCUT2D eigenvalue weighted by Gasteiger charge is 2.22. The summed E-state index contributed by atoms with van der Waals surface area (Å²) in [6.07, 6.45) is 0. The first-order valence-corrected chi connectivity index (χ1v) is 6.79. The zero-order valence-electron chi connectivity index (χ0n) is 11.9. The Labute approximate surface area is 126 Å². The maximum Gasteiger partial charge on any atom is 0.341 e. The van der Waals surface area contributed by atoms with Crippen LogP contribution in [0.4, 0.5) is 4.48 Å². The van der Waals surface area contributed by atoms with Crippen molar-refractivity contribution in [2.24, 2.45) is 0 Å². The monoisotopic (exact) mass is 299 g/mol. The van der Waals surface area contributed by atoms with Gasteiger partial charge in [-0.3, -0.25) is 0 Å². The number of phenols is 1. The number of halogens is 1. The number of esters is 1. The molecule has 0 atom stereocenters. The van der Waals surface area contributed by atoms with Gasteiger partial charge in [0.25, 0.3) is 0 Å². The Morgan fingerprint density at radius 2 is 1.95 bits per heavy atom. The van der Waals surface area contributed by atoms with Crippen LogP contribution in [0.5, 0.6) is 5.75 Å². The van der Waals surface area contributed by atoms with Crippen LogP contribution in [0.2, 0.25) is 0 Å². The van der Waals surface area contributed by atoms with Gasteiger partial charge in [0.2, 0.25) is 0 Å². The zero-order valence-corrected chi connectivity index (χ0v) is 11.9. The third-order valence-electron chi connectivity index (χ3n) is 3.53. The Bertz CT molecular complexity index is 840. The lowest BCUT2D eigenvalue weighted by Crippen LogP contribution is -2.06. The smallest absolute Gasteiger partial charge is 0.341 e. The molecule has 3 aromatic rings. The van der Waals surface area contributed by atoms with Crippen LogP contribution in [0.15, 0.2) is 48.5 Å². The Balaban J connectivity index is 1.94. The van der Waals surface area contributed by atoms with Crippen molar-refractivity contribution in [3.63, 3.8) is 0 Å². The lowest BCUT2D eigenvalue weighted by atomic mass is 10.1. The van der Waals surface area contributed by atoms with Gasteiger partial charge in [0.15, 0.2) is 0 Å². The van der Waals surface area contributed by atoms with Crippen LogP contribution >= 0.6 is 0 Å². The molecule has 0 fully saturated rings. The standard InChI is InChI=1S/C17H14FNO3/c1-11-16(14-9-13(20)7-8-15(14)19(11)18)17(21)22-10-12-5-3-2-4-6-12/h2-9,20H,10H2,1H3. The molecule has 112 valence electrons. The number of rotatable bonds is 3. The molecule has 0 bridgehead atoms. The summed E-state index contributed by atoms with van der Waals surface area (Å²) in [7, 11) is 0. The van der Waals surface area contributed by atoms with Gasteiger partial charge in [-0.05, 0) is 30.7 Å². The second-order valence-corrected chi connectivity index (χ2v) is 5.00. The topological polar surface area (TPSA) is 51.5 Å². The molecule has 0 aliphatic carbocycles. The zero-order chi connectivity index (χ0) is 15.7. The van der Waals surface area contributed by atoms with E-state index < -0.39 is 5.97 Å². The van der Waals surface area contributed by atoms with E-state index in [-0.39, 0.29) is 29.1 Å². The first-order valence-electron chi connectivity index (χ1n) is 6.79. The van der Waals surface area contributed by atoms with E-state index in [0.29, 0.717) is 10.2 Å². The Morgan fingerprint density at radius 1 is 1.23 bits per heavy atom. The number of ether oxygens (including phenoxy) is 1. The van der Waals surface area contributed by atoms with Crippen molar-refractivity contribution < 1.29 is 19.1 Å². The lowest BCUT2D eigenvalue weighted by Gasteiger charge is -2.05. The van der Waals surface area contributed by atoms with Gasteiger partial charge in [0, 0.05) is 5.39 Å². The van der Waals surface area contributed by atoms with Gasteiger partial charge in [0.05, 0.1) is 16.8 Å². The van der Waals surface area contributed by atoms with Crippen LogP contribution < -0.4 is 0 Å². The van der Waals surface area contributed by atoms with E-state index in [4.69, 9.17) is 4.74 Å². The molecule has 0 saturated heterocycles. The van der Waals surface area contributed by atoms with E-state index in [9.17, 15) is 14.4 Å². The van der Waals surface area contributed by atoms with Crippen LogP contribution in [0.1, 0.15) is 21.6 Å². The van der Waals surface area contributed by atoms with Crippen molar-refractivity contribution in [3.8, 4) is 5.75 Å². The highest BCUT2D eigenvalue weighted by atomic mass is 19.2. The number of benzene rings is 2. The number of nitrogens with zero attached hydrogens (tertiary/aromatic N) is 1. The molecule has 1 heterocycles. The first-order chi connectivity index (χ1) is 10.6. The number of aromatic hydroxyl groups is 1. The van der Waals surface area contributed by atoms with E-state index >= 15 is 0 Å². The molecule has 4 nitrogen and oxygen atoms in total. The first kappa shape index (κ1) is 14.1. The van der Waals surface area contributed by atoms with Crippen molar-refractivity contribution in [2.45, 2.75) is 13.5 Å². The number of hydrogen-bond donors (Lipinski definition) is 1. The number of fused-ring (bicyclic) bond motifs is 1. The molecule has 3 rings (SSSR count). The van der Waals surface area contributed by atoms with Gasteiger partial charge in [-0.1, -0.05) is 34.8 Å². The molecule has 0 amide bonds. The maximum absolute atomic E-state index is 14.1. The molecule has 1 N–H and O–H groups in total. The predicted octanol–water partition coefficient (Wildman–Crippen LogP) is 3.74. The molecule has 22 heavy (non-hydrogen) atoms.